The maximum absolute atomic E-state index is 12.6. The average molecular weight is 450 g/mol. The lowest BCUT2D eigenvalue weighted by Crippen LogP contribution is -2.15. The fourth-order valence-corrected chi connectivity index (χ4v) is 4.75. The van der Waals surface area contributed by atoms with Crippen LogP contribution in [0.25, 0.3) is 11.0 Å². The fraction of sp³-hybridized carbons (Fsp3) is 0.238. The zero-order valence-electron chi connectivity index (χ0n) is 16.5. The first-order chi connectivity index (χ1) is 14.3. The normalized spacial score (nSPS) is 11.6. The molecule has 0 saturated carbocycles. The molecule has 3 rings (SSSR count). The van der Waals surface area contributed by atoms with E-state index in [4.69, 9.17) is 25.1 Å². The highest BCUT2D eigenvalue weighted by Crippen LogP contribution is 2.51. The molecule has 2 aromatic carbocycles. The van der Waals surface area contributed by atoms with Crippen LogP contribution in [0.3, 0.4) is 0 Å². The van der Waals surface area contributed by atoms with Gasteiger partial charge in [0.2, 0.25) is 0 Å². The largest absolute Gasteiger partial charge is 0.451 e. The maximum atomic E-state index is 12.6. The molecule has 1 amide bonds. The molecule has 9 heteroatoms. The van der Waals surface area contributed by atoms with Gasteiger partial charge in [0, 0.05) is 16.8 Å². The van der Waals surface area contributed by atoms with Crippen LogP contribution in [0.15, 0.2) is 57.7 Å². The molecule has 0 bridgehead atoms. The number of carbonyl (C=O) groups excluding carboxylic acids is 1. The minimum absolute atomic E-state index is 0.115. The lowest BCUT2D eigenvalue weighted by molar-refractivity contribution is 0.0997. The molecule has 0 spiro atoms. The second-order valence-corrected chi connectivity index (χ2v) is 8.86. The molecule has 3 aromatic rings. The summed E-state index contributed by atoms with van der Waals surface area (Å²) in [4.78, 5) is 24.8. The number of amides is 1. The lowest BCUT2D eigenvalue weighted by atomic mass is 10.2. The Morgan fingerprint density at radius 1 is 1.07 bits per heavy atom. The van der Waals surface area contributed by atoms with Gasteiger partial charge in [0.15, 0.2) is 11.2 Å². The van der Waals surface area contributed by atoms with E-state index >= 15 is 0 Å². The van der Waals surface area contributed by atoms with Gasteiger partial charge in [-0.15, -0.1) is 0 Å². The third-order valence-corrected chi connectivity index (χ3v) is 6.44. The molecule has 0 radical (unpaired) electrons. The van der Waals surface area contributed by atoms with Gasteiger partial charge in [0.1, 0.15) is 5.58 Å². The Bertz CT molecular complexity index is 1150. The zero-order chi connectivity index (χ0) is 21.7. The van der Waals surface area contributed by atoms with E-state index in [2.05, 4.69) is 5.32 Å². The summed E-state index contributed by atoms with van der Waals surface area (Å²) in [5, 5.41) is 3.38. The van der Waals surface area contributed by atoms with Gasteiger partial charge in [-0.05, 0) is 49.7 Å². The minimum Gasteiger partial charge on any atom is -0.451 e. The van der Waals surface area contributed by atoms with Gasteiger partial charge in [-0.25, -0.2) is 0 Å². The molecule has 0 aliphatic rings. The third-order valence-electron chi connectivity index (χ3n) is 4.15. The first kappa shape index (κ1) is 22.2. The van der Waals surface area contributed by atoms with Crippen molar-refractivity contribution in [3.05, 3.63) is 75.1 Å². The highest BCUT2D eigenvalue weighted by atomic mass is 35.5. The van der Waals surface area contributed by atoms with Gasteiger partial charge in [-0.3, -0.25) is 14.2 Å². The van der Waals surface area contributed by atoms with E-state index in [1.54, 1.807) is 50.2 Å². The summed E-state index contributed by atoms with van der Waals surface area (Å²) in [5.41, 5.74) is 1.15. The van der Waals surface area contributed by atoms with E-state index in [9.17, 15) is 14.2 Å². The number of fused-ring (bicyclic) bond motifs is 1. The highest BCUT2D eigenvalue weighted by molar-refractivity contribution is 7.53. The van der Waals surface area contributed by atoms with Crippen LogP contribution in [0.1, 0.15) is 30.0 Å². The van der Waals surface area contributed by atoms with Crippen LogP contribution in [-0.2, 0) is 19.8 Å². The van der Waals surface area contributed by atoms with Crippen molar-refractivity contribution in [2.45, 2.75) is 20.0 Å². The predicted molar refractivity (Wildman–Crippen MR) is 116 cm³/mol. The topological polar surface area (TPSA) is 94.8 Å². The van der Waals surface area contributed by atoms with Crippen molar-refractivity contribution in [2.75, 3.05) is 18.5 Å². The Morgan fingerprint density at radius 2 is 1.73 bits per heavy atom. The van der Waals surface area contributed by atoms with Crippen molar-refractivity contribution in [3.63, 3.8) is 0 Å². The van der Waals surface area contributed by atoms with Crippen molar-refractivity contribution >= 4 is 41.8 Å². The number of carbonyl (C=O) groups is 1. The number of hydrogen-bond acceptors (Lipinski definition) is 6. The predicted octanol–water partition coefficient (Wildman–Crippen LogP) is 5.46. The summed E-state index contributed by atoms with van der Waals surface area (Å²) in [5.74, 6) is -0.679. The number of halogens is 1. The minimum atomic E-state index is -3.21. The quantitative estimate of drug-likeness (QED) is 0.458. The van der Waals surface area contributed by atoms with Gasteiger partial charge in [-0.2, -0.15) is 0 Å². The molecule has 0 atom stereocenters. The molecule has 0 aliphatic carbocycles. The molecule has 1 heterocycles. The second kappa shape index (κ2) is 9.58. The van der Waals surface area contributed by atoms with Crippen molar-refractivity contribution in [1.29, 1.82) is 0 Å². The maximum Gasteiger partial charge on any atom is 0.335 e. The monoisotopic (exact) mass is 449 g/mol. The molecular formula is C21H21ClNO6P. The average Bonchev–Trinajstić information content (AvgIpc) is 2.70. The Hall–Kier alpha value is -2.44. The summed E-state index contributed by atoms with van der Waals surface area (Å²) < 4.78 is 28.7. The number of nitrogens with one attached hydrogen (secondary N) is 1. The van der Waals surface area contributed by atoms with Gasteiger partial charge in [-0.1, -0.05) is 23.7 Å². The zero-order valence-corrected chi connectivity index (χ0v) is 18.2. The molecule has 1 aromatic heterocycles. The van der Waals surface area contributed by atoms with E-state index in [-0.39, 0.29) is 36.1 Å². The Morgan fingerprint density at radius 3 is 2.37 bits per heavy atom. The van der Waals surface area contributed by atoms with Crippen LogP contribution in [0.5, 0.6) is 0 Å². The van der Waals surface area contributed by atoms with Crippen molar-refractivity contribution in [2.24, 2.45) is 0 Å². The number of hydrogen-bond donors (Lipinski definition) is 1. The van der Waals surface area contributed by atoms with Crippen LogP contribution in [0, 0.1) is 0 Å². The van der Waals surface area contributed by atoms with Gasteiger partial charge in [0.25, 0.3) is 5.91 Å². The molecular weight excluding hydrogens is 429 g/mol. The molecule has 0 unspecified atom stereocenters. The van der Waals surface area contributed by atoms with Gasteiger partial charge >= 0.3 is 7.60 Å². The Balaban J connectivity index is 1.74. The Kier molecular flexibility index (Phi) is 7.10. The fourth-order valence-electron chi connectivity index (χ4n) is 2.87. The molecule has 0 fully saturated rings. The Labute approximate surface area is 178 Å². The second-order valence-electron chi connectivity index (χ2n) is 6.37. The summed E-state index contributed by atoms with van der Waals surface area (Å²) >= 11 is 5.90. The highest BCUT2D eigenvalue weighted by Gasteiger charge is 2.24. The molecule has 158 valence electrons. The van der Waals surface area contributed by atoms with E-state index in [1.807, 2.05) is 0 Å². The smallest absolute Gasteiger partial charge is 0.335 e. The van der Waals surface area contributed by atoms with E-state index in [0.29, 0.717) is 16.1 Å². The number of rotatable bonds is 8. The van der Waals surface area contributed by atoms with E-state index in [0.717, 1.165) is 11.6 Å². The summed E-state index contributed by atoms with van der Waals surface area (Å²) in [6.07, 6.45) is 0.130. The molecule has 0 aliphatic heterocycles. The molecule has 0 saturated heterocycles. The van der Waals surface area contributed by atoms with E-state index in [1.165, 1.54) is 6.07 Å². The van der Waals surface area contributed by atoms with Crippen LogP contribution in [0.2, 0.25) is 5.02 Å². The van der Waals surface area contributed by atoms with Gasteiger partial charge < -0.3 is 18.8 Å². The number of anilines is 1. The standard InChI is InChI=1S/C21H21ClNO6P/c1-3-27-30(26,28-4-2)13-14-5-8-16(9-6-14)23-21(25)20-12-18(24)17-11-15(22)7-10-19(17)29-20/h5-12H,3-4,13H2,1-2H3,(H,23,25). The third kappa shape index (κ3) is 5.37. The first-order valence-electron chi connectivity index (χ1n) is 9.35. The van der Waals surface area contributed by atoms with Crippen LogP contribution >= 0.6 is 19.2 Å². The molecule has 30 heavy (non-hydrogen) atoms. The van der Waals surface area contributed by atoms with Crippen molar-refractivity contribution < 1.29 is 22.8 Å². The van der Waals surface area contributed by atoms with Crippen LogP contribution in [0.4, 0.5) is 5.69 Å². The summed E-state index contributed by atoms with van der Waals surface area (Å²) in [7, 11) is -3.21. The van der Waals surface area contributed by atoms with Crippen LogP contribution in [-0.4, -0.2) is 19.1 Å². The lowest BCUT2D eigenvalue weighted by Gasteiger charge is -2.17. The SMILES string of the molecule is CCOP(=O)(Cc1ccc(NC(=O)c2cc(=O)c3cc(Cl)ccc3o2)cc1)OCC. The van der Waals surface area contributed by atoms with E-state index < -0.39 is 13.5 Å². The van der Waals surface area contributed by atoms with Crippen molar-refractivity contribution in [3.8, 4) is 0 Å². The van der Waals surface area contributed by atoms with Gasteiger partial charge in [0.05, 0.1) is 24.8 Å². The van der Waals surface area contributed by atoms with Crippen molar-refractivity contribution in [1.82, 2.24) is 0 Å². The summed E-state index contributed by atoms with van der Waals surface area (Å²) in [6, 6.07) is 12.5. The van der Waals surface area contributed by atoms with Crippen LogP contribution < -0.4 is 10.7 Å². The number of benzene rings is 2. The molecule has 1 N–H and O–H groups in total. The first-order valence-corrected chi connectivity index (χ1v) is 11.5. The summed E-state index contributed by atoms with van der Waals surface area (Å²) in [6.45, 7) is 4.08. The molecule has 7 nitrogen and oxygen atoms in total.